The second-order valence-corrected chi connectivity index (χ2v) is 7.22. The molecule has 1 heterocycles. The summed E-state index contributed by atoms with van der Waals surface area (Å²) in [7, 11) is 0. The van der Waals surface area contributed by atoms with Gasteiger partial charge < -0.3 is 11.1 Å². The molecule has 0 bridgehead atoms. The van der Waals surface area contributed by atoms with Gasteiger partial charge in [0.05, 0.1) is 28.6 Å². The fourth-order valence-corrected chi connectivity index (χ4v) is 3.39. The molecule has 6 nitrogen and oxygen atoms in total. The Bertz CT molecular complexity index is 1010. The highest BCUT2D eigenvalue weighted by molar-refractivity contribution is 7.99. The second-order valence-electron chi connectivity index (χ2n) is 5.87. The smallest absolute Gasteiger partial charge is 0.377 e. The number of alkyl halides is 3. The fourth-order valence-electron chi connectivity index (χ4n) is 2.49. The van der Waals surface area contributed by atoms with Gasteiger partial charge in [0.15, 0.2) is 11.0 Å². The van der Waals surface area contributed by atoms with E-state index in [4.69, 9.17) is 17.3 Å². The number of halogens is 4. The van der Waals surface area contributed by atoms with Crippen LogP contribution in [-0.2, 0) is 17.5 Å². The Hall–Kier alpha value is -2.72. The van der Waals surface area contributed by atoms with Crippen molar-refractivity contribution < 1.29 is 18.0 Å². The van der Waals surface area contributed by atoms with Crippen molar-refractivity contribution in [2.75, 3.05) is 11.1 Å². The van der Waals surface area contributed by atoms with E-state index >= 15 is 0 Å². The molecule has 3 aromatic rings. The van der Waals surface area contributed by atoms with Crippen LogP contribution in [0.25, 0.3) is 5.69 Å². The van der Waals surface area contributed by atoms with Crippen molar-refractivity contribution in [3.05, 3.63) is 64.9 Å². The molecule has 1 amide bonds. The summed E-state index contributed by atoms with van der Waals surface area (Å²) in [6.07, 6.45) is -4.48. The van der Waals surface area contributed by atoms with Gasteiger partial charge in [-0.3, -0.25) is 9.36 Å². The van der Waals surface area contributed by atoms with E-state index in [1.54, 1.807) is 4.57 Å². The largest absolute Gasteiger partial charge is 0.416 e. The van der Waals surface area contributed by atoms with Gasteiger partial charge >= 0.3 is 6.18 Å². The minimum Gasteiger partial charge on any atom is -0.377 e. The summed E-state index contributed by atoms with van der Waals surface area (Å²) in [6.45, 7) is 0.0556. The molecular formula is C18H15ClF3N5OS. The number of benzene rings is 2. The van der Waals surface area contributed by atoms with Crippen molar-refractivity contribution >= 4 is 35.0 Å². The third kappa shape index (κ3) is 5.21. The third-order valence-corrected chi connectivity index (χ3v) is 5.07. The number of nitrogens with two attached hydrogens (primary N) is 1. The van der Waals surface area contributed by atoms with Crippen molar-refractivity contribution in [1.82, 2.24) is 14.8 Å². The number of carbonyl (C=O) groups excluding carboxylic acids is 1. The Kier molecular flexibility index (Phi) is 6.33. The van der Waals surface area contributed by atoms with Gasteiger partial charge in [0.25, 0.3) is 0 Å². The molecule has 152 valence electrons. The number of anilines is 1. The minimum absolute atomic E-state index is 0.0118. The second kappa shape index (κ2) is 8.75. The summed E-state index contributed by atoms with van der Waals surface area (Å²) in [4.78, 5) is 11.1. The standard InChI is InChI=1S/C18H15ClF3N5OS/c19-13-7-6-11(18(20,21)22)8-14(13)24-9-16-25-26-17(29-10-15(23)28)27(16)12-4-2-1-3-5-12/h1-8,24H,9-10H2,(H2,23,28). The SMILES string of the molecule is NC(=O)CSc1nnc(CNc2cc(C(F)(F)F)ccc2Cl)n1-c1ccccc1. The topological polar surface area (TPSA) is 85.8 Å². The summed E-state index contributed by atoms with van der Waals surface area (Å²) in [5.74, 6) is -0.0672. The van der Waals surface area contributed by atoms with E-state index in [-0.39, 0.29) is 23.0 Å². The van der Waals surface area contributed by atoms with Gasteiger partial charge in [-0.05, 0) is 30.3 Å². The number of amides is 1. The fraction of sp³-hybridized carbons (Fsp3) is 0.167. The van der Waals surface area contributed by atoms with Gasteiger partial charge in [-0.25, -0.2) is 0 Å². The van der Waals surface area contributed by atoms with Crippen LogP contribution < -0.4 is 11.1 Å². The van der Waals surface area contributed by atoms with Crippen molar-refractivity contribution in [3.63, 3.8) is 0 Å². The zero-order valence-electron chi connectivity index (χ0n) is 14.8. The number of para-hydroxylation sites is 1. The van der Waals surface area contributed by atoms with Crippen LogP contribution in [0.5, 0.6) is 0 Å². The Labute approximate surface area is 173 Å². The third-order valence-electron chi connectivity index (χ3n) is 3.79. The number of aromatic nitrogens is 3. The highest BCUT2D eigenvalue weighted by Gasteiger charge is 2.31. The maximum Gasteiger partial charge on any atom is 0.416 e. The molecule has 0 atom stereocenters. The van der Waals surface area contributed by atoms with Crippen LogP contribution in [0.3, 0.4) is 0 Å². The molecule has 2 aromatic carbocycles. The Morgan fingerprint density at radius 3 is 2.55 bits per heavy atom. The Morgan fingerprint density at radius 1 is 1.17 bits per heavy atom. The minimum atomic E-state index is -4.48. The number of thioether (sulfide) groups is 1. The van der Waals surface area contributed by atoms with Gasteiger partial charge in [-0.2, -0.15) is 13.2 Å². The summed E-state index contributed by atoms with van der Waals surface area (Å²) in [5.41, 5.74) is 5.24. The molecule has 3 N–H and O–H groups in total. The lowest BCUT2D eigenvalue weighted by molar-refractivity contribution is -0.137. The number of nitrogens with one attached hydrogen (secondary N) is 1. The van der Waals surface area contributed by atoms with Gasteiger partial charge in [0.1, 0.15) is 0 Å². The molecule has 0 aliphatic rings. The first kappa shape index (κ1) is 21.0. The molecule has 0 spiro atoms. The lowest BCUT2D eigenvalue weighted by atomic mass is 10.2. The number of hydrogen-bond donors (Lipinski definition) is 2. The first-order valence-corrected chi connectivity index (χ1v) is 9.63. The lowest BCUT2D eigenvalue weighted by Gasteiger charge is -2.13. The van der Waals surface area contributed by atoms with E-state index in [1.807, 2.05) is 30.3 Å². The average Bonchev–Trinajstić information content (AvgIpc) is 3.08. The van der Waals surface area contributed by atoms with Crippen LogP contribution in [0.2, 0.25) is 5.02 Å². The number of rotatable bonds is 7. The van der Waals surface area contributed by atoms with Crippen LogP contribution in [0, 0.1) is 0 Å². The van der Waals surface area contributed by atoms with E-state index in [2.05, 4.69) is 15.5 Å². The van der Waals surface area contributed by atoms with Crippen molar-refractivity contribution in [1.29, 1.82) is 0 Å². The highest BCUT2D eigenvalue weighted by Crippen LogP contribution is 2.34. The molecule has 1 aromatic heterocycles. The average molecular weight is 442 g/mol. The number of hydrogen-bond acceptors (Lipinski definition) is 5. The Morgan fingerprint density at radius 2 is 1.90 bits per heavy atom. The van der Waals surface area contributed by atoms with Gasteiger partial charge in [0, 0.05) is 5.69 Å². The Balaban J connectivity index is 1.89. The zero-order chi connectivity index (χ0) is 21.0. The first-order valence-electron chi connectivity index (χ1n) is 8.27. The quantitative estimate of drug-likeness (QED) is 0.538. The lowest BCUT2D eigenvalue weighted by Crippen LogP contribution is -2.14. The number of nitrogens with zero attached hydrogens (tertiary/aromatic N) is 3. The molecule has 3 rings (SSSR count). The molecular weight excluding hydrogens is 427 g/mol. The summed E-state index contributed by atoms with van der Waals surface area (Å²) >= 11 is 7.14. The highest BCUT2D eigenvalue weighted by atomic mass is 35.5. The van der Waals surface area contributed by atoms with Crippen LogP contribution >= 0.6 is 23.4 Å². The predicted octanol–water partition coefficient (Wildman–Crippen LogP) is 4.13. The molecule has 0 aliphatic heterocycles. The van der Waals surface area contributed by atoms with Crippen molar-refractivity contribution in [2.45, 2.75) is 17.9 Å². The van der Waals surface area contributed by atoms with E-state index in [1.165, 1.54) is 6.07 Å². The normalized spacial score (nSPS) is 11.4. The van der Waals surface area contributed by atoms with Crippen molar-refractivity contribution in [2.24, 2.45) is 5.73 Å². The molecule has 0 saturated carbocycles. The van der Waals surface area contributed by atoms with Gasteiger partial charge in [-0.15, -0.1) is 10.2 Å². The molecule has 0 aliphatic carbocycles. The maximum absolute atomic E-state index is 13.0. The zero-order valence-corrected chi connectivity index (χ0v) is 16.4. The molecule has 11 heteroatoms. The van der Waals surface area contributed by atoms with Crippen LogP contribution in [0.4, 0.5) is 18.9 Å². The molecule has 0 unspecified atom stereocenters. The van der Waals surface area contributed by atoms with E-state index in [9.17, 15) is 18.0 Å². The molecule has 0 fully saturated rings. The molecule has 29 heavy (non-hydrogen) atoms. The van der Waals surface area contributed by atoms with Gasteiger partial charge in [0.2, 0.25) is 5.91 Å². The van der Waals surface area contributed by atoms with Crippen molar-refractivity contribution in [3.8, 4) is 5.69 Å². The monoisotopic (exact) mass is 441 g/mol. The number of primary amides is 1. The first-order chi connectivity index (χ1) is 13.8. The van der Waals surface area contributed by atoms with Crippen LogP contribution in [-0.4, -0.2) is 26.4 Å². The number of carbonyl (C=O) groups is 1. The van der Waals surface area contributed by atoms with Gasteiger partial charge in [-0.1, -0.05) is 41.6 Å². The molecule has 0 radical (unpaired) electrons. The van der Waals surface area contributed by atoms with Crippen LogP contribution in [0.15, 0.2) is 53.7 Å². The molecule has 0 saturated heterocycles. The van der Waals surface area contributed by atoms with E-state index < -0.39 is 17.6 Å². The van der Waals surface area contributed by atoms with E-state index in [0.717, 1.165) is 29.6 Å². The summed E-state index contributed by atoms with van der Waals surface area (Å²) in [6, 6.07) is 12.1. The summed E-state index contributed by atoms with van der Waals surface area (Å²) in [5, 5.41) is 11.6. The maximum atomic E-state index is 13.0. The summed E-state index contributed by atoms with van der Waals surface area (Å²) < 4.78 is 40.6. The van der Waals surface area contributed by atoms with E-state index in [0.29, 0.717) is 11.0 Å². The predicted molar refractivity (Wildman–Crippen MR) is 105 cm³/mol. The van der Waals surface area contributed by atoms with Crippen LogP contribution in [0.1, 0.15) is 11.4 Å².